The molecule has 3 aromatic rings. The first-order valence-electron chi connectivity index (χ1n) is 7.65. The fraction of sp³-hybridized carbons (Fsp3) is 0.118. The third-order valence-corrected chi connectivity index (χ3v) is 3.93. The van der Waals surface area contributed by atoms with Gasteiger partial charge in [0.05, 0.1) is 12.8 Å². The van der Waals surface area contributed by atoms with E-state index >= 15 is 0 Å². The summed E-state index contributed by atoms with van der Waals surface area (Å²) in [6.45, 7) is 0.0579. The van der Waals surface area contributed by atoms with Crippen molar-refractivity contribution in [3.05, 3.63) is 66.1 Å². The van der Waals surface area contributed by atoms with Gasteiger partial charge in [-0.15, -0.1) is 0 Å². The van der Waals surface area contributed by atoms with Gasteiger partial charge < -0.3 is 9.84 Å². The van der Waals surface area contributed by atoms with E-state index in [9.17, 15) is 13.2 Å². The minimum absolute atomic E-state index is 0.0579. The van der Waals surface area contributed by atoms with E-state index in [-0.39, 0.29) is 18.3 Å². The molecule has 1 aromatic heterocycles. The highest BCUT2D eigenvalue weighted by molar-refractivity contribution is 7.92. The number of amides is 1. The summed E-state index contributed by atoms with van der Waals surface area (Å²) in [5.41, 5.74) is 1.43. The van der Waals surface area contributed by atoms with Crippen molar-refractivity contribution >= 4 is 21.6 Å². The normalized spacial score (nSPS) is 11.1. The first kappa shape index (κ1) is 17.6. The van der Waals surface area contributed by atoms with Crippen molar-refractivity contribution in [2.24, 2.45) is 0 Å². The molecule has 0 saturated carbocycles. The average molecular weight is 372 g/mol. The molecule has 0 radical (unpaired) electrons. The van der Waals surface area contributed by atoms with Crippen molar-refractivity contribution < 1.29 is 17.7 Å². The molecular weight excluding hydrogens is 356 g/mol. The van der Waals surface area contributed by atoms with Gasteiger partial charge in [0.25, 0.3) is 5.91 Å². The Balaban J connectivity index is 1.64. The van der Waals surface area contributed by atoms with Crippen LogP contribution in [0.3, 0.4) is 0 Å². The second-order valence-corrected chi connectivity index (χ2v) is 7.26. The van der Waals surface area contributed by atoms with Crippen LogP contribution in [-0.2, 0) is 16.6 Å². The molecule has 3 rings (SSSR count). The molecule has 1 heterocycles. The van der Waals surface area contributed by atoms with E-state index in [1.165, 1.54) is 6.07 Å². The Morgan fingerprint density at radius 1 is 1.12 bits per heavy atom. The molecule has 0 aliphatic rings. The van der Waals surface area contributed by atoms with Gasteiger partial charge in [0.15, 0.2) is 0 Å². The maximum Gasteiger partial charge on any atom is 0.251 e. The lowest BCUT2D eigenvalue weighted by molar-refractivity contribution is 0.0946. The van der Waals surface area contributed by atoms with E-state index in [0.29, 0.717) is 17.1 Å². The van der Waals surface area contributed by atoms with Gasteiger partial charge in [0.1, 0.15) is 0 Å². The van der Waals surface area contributed by atoms with Gasteiger partial charge in [0.2, 0.25) is 21.7 Å². The standard InChI is InChI=1S/C17H16N4O4S/c1-26(23,24)21-14-9-5-8-13(10-14)17(22)18-11-15-19-16(20-25-15)12-6-3-2-4-7-12/h2-10,21H,11H2,1H3,(H,18,22). The zero-order valence-corrected chi connectivity index (χ0v) is 14.7. The number of benzene rings is 2. The Labute approximate surface area is 150 Å². The van der Waals surface area contributed by atoms with E-state index in [1.54, 1.807) is 18.2 Å². The molecule has 0 aliphatic carbocycles. The number of sulfonamides is 1. The quantitative estimate of drug-likeness (QED) is 0.684. The number of nitrogens with zero attached hydrogens (tertiary/aromatic N) is 2. The highest BCUT2D eigenvalue weighted by Gasteiger charge is 2.12. The fourth-order valence-electron chi connectivity index (χ4n) is 2.23. The van der Waals surface area contributed by atoms with Gasteiger partial charge in [-0.25, -0.2) is 8.42 Å². The molecule has 134 valence electrons. The smallest absolute Gasteiger partial charge is 0.251 e. The molecule has 2 N–H and O–H groups in total. The molecule has 0 fully saturated rings. The van der Waals surface area contributed by atoms with Crippen LogP contribution in [0, 0.1) is 0 Å². The minimum atomic E-state index is -3.41. The third kappa shape index (κ3) is 4.67. The van der Waals surface area contributed by atoms with Crippen LogP contribution in [0.25, 0.3) is 11.4 Å². The van der Waals surface area contributed by atoms with Gasteiger partial charge in [-0.1, -0.05) is 41.6 Å². The number of carbonyl (C=O) groups is 1. The number of hydrogen-bond donors (Lipinski definition) is 2. The highest BCUT2D eigenvalue weighted by atomic mass is 32.2. The highest BCUT2D eigenvalue weighted by Crippen LogP contribution is 2.15. The molecule has 0 unspecified atom stereocenters. The monoisotopic (exact) mass is 372 g/mol. The Hall–Kier alpha value is -3.20. The van der Waals surface area contributed by atoms with Gasteiger partial charge >= 0.3 is 0 Å². The minimum Gasteiger partial charge on any atom is -0.343 e. The Kier molecular flexibility index (Phi) is 4.99. The van der Waals surface area contributed by atoms with Crippen LogP contribution < -0.4 is 10.0 Å². The summed E-state index contributed by atoms with van der Waals surface area (Å²) in [5, 5.41) is 6.54. The van der Waals surface area contributed by atoms with Crippen molar-refractivity contribution in [3.63, 3.8) is 0 Å². The van der Waals surface area contributed by atoms with E-state index in [1.807, 2.05) is 30.3 Å². The molecule has 9 heteroatoms. The lowest BCUT2D eigenvalue weighted by Crippen LogP contribution is -2.23. The number of aromatic nitrogens is 2. The van der Waals surface area contributed by atoms with Gasteiger partial charge in [-0.2, -0.15) is 4.98 Å². The van der Waals surface area contributed by atoms with E-state index in [0.717, 1.165) is 11.8 Å². The van der Waals surface area contributed by atoms with Gasteiger partial charge in [-0.3, -0.25) is 9.52 Å². The first-order valence-corrected chi connectivity index (χ1v) is 9.54. The summed E-state index contributed by atoms with van der Waals surface area (Å²) in [5.74, 6) is 0.318. The summed E-state index contributed by atoms with van der Waals surface area (Å²) in [6, 6.07) is 15.5. The summed E-state index contributed by atoms with van der Waals surface area (Å²) in [7, 11) is -3.41. The van der Waals surface area contributed by atoms with Crippen molar-refractivity contribution in [2.45, 2.75) is 6.54 Å². The molecule has 0 aliphatic heterocycles. The molecule has 1 amide bonds. The van der Waals surface area contributed by atoms with E-state index in [2.05, 4.69) is 20.2 Å². The molecule has 26 heavy (non-hydrogen) atoms. The zero-order chi connectivity index (χ0) is 18.6. The maximum absolute atomic E-state index is 12.2. The maximum atomic E-state index is 12.2. The number of nitrogens with one attached hydrogen (secondary N) is 2. The van der Waals surface area contributed by atoms with Crippen molar-refractivity contribution in [1.82, 2.24) is 15.5 Å². The summed E-state index contributed by atoms with van der Waals surface area (Å²) in [4.78, 5) is 16.5. The van der Waals surface area contributed by atoms with E-state index < -0.39 is 10.0 Å². The topological polar surface area (TPSA) is 114 Å². The molecular formula is C17H16N4O4S. The lowest BCUT2D eigenvalue weighted by Gasteiger charge is -2.06. The van der Waals surface area contributed by atoms with Crippen LogP contribution in [-0.4, -0.2) is 30.7 Å². The molecule has 0 spiro atoms. The molecule has 0 saturated heterocycles. The van der Waals surface area contributed by atoms with Gasteiger partial charge in [-0.05, 0) is 18.2 Å². The summed E-state index contributed by atoms with van der Waals surface area (Å²) < 4.78 is 30.0. The van der Waals surface area contributed by atoms with Crippen LogP contribution in [0.5, 0.6) is 0 Å². The SMILES string of the molecule is CS(=O)(=O)Nc1cccc(C(=O)NCc2nc(-c3ccccc3)no2)c1. The number of anilines is 1. The van der Waals surface area contributed by atoms with Crippen molar-refractivity contribution in [1.29, 1.82) is 0 Å². The molecule has 8 nitrogen and oxygen atoms in total. The predicted octanol–water partition coefficient (Wildman–Crippen LogP) is 2.04. The average Bonchev–Trinajstić information content (AvgIpc) is 3.08. The van der Waals surface area contributed by atoms with Crippen LogP contribution >= 0.6 is 0 Å². The molecule has 0 atom stereocenters. The molecule has 0 bridgehead atoms. The number of rotatable bonds is 6. The largest absolute Gasteiger partial charge is 0.343 e. The van der Waals surface area contributed by atoms with Crippen molar-refractivity contribution in [3.8, 4) is 11.4 Å². The fourth-order valence-corrected chi connectivity index (χ4v) is 2.78. The van der Waals surface area contributed by atoms with E-state index in [4.69, 9.17) is 4.52 Å². The van der Waals surface area contributed by atoms with Crippen LogP contribution in [0.15, 0.2) is 59.1 Å². The van der Waals surface area contributed by atoms with Gasteiger partial charge in [0, 0.05) is 16.8 Å². The number of hydrogen-bond acceptors (Lipinski definition) is 6. The number of carbonyl (C=O) groups excluding carboxylic acids is 1. The Morgan fingerprint density at radius 3 is 2.62 bits per heavy atom. The lowest BCUT2D eigenvalue weighted by atomic mass is 10.2. The predicted molar refractivity (Wildman–Crippen MR) is 95.8 cm³/mol. The Bertz CT molecular complexity index is 1020. The zero-order valence-electron chi connectivity index (χ0n) is 13.8. The summed E-state index contributed by atoms with van der Waals surface area (Å²) >= 11 is 0. The van der Waals surface area contributed by atoms with Crippen LogP contribution in [0.2, 0.25) is 0 Å². The second kappa shape index (κ2) is 7.36. The van der Waals surface area contributed by atoms with Crippen molar-refractivity contribution in [2.75, 3.05) is 11.0 Å². The second-order valence-electron chi connectivity index (χ2n) is 5.52. The summed E-state index contributed by atoms with van der Waals surface area (Å²) in [6.07, 6.45) is 1.04. The first-order chi connectivity index (χ1) is 12.4. The van der Waals surface area contributed by atoms with Crippen LogP contribution in [0.1, 0.15) is 16.2 Å². The van der Waals surface area contributed by atoms with Crippen LogP contribution in [0.4, 0.5) is 5.69 Å². The third-order valence-electron chi connectivity index (χ3n) is 3.33. The Morgan fingerprint density at radius 2 is 1.88 bits per heavy atom. The molecule has 2 aromatic carbocycles.